The van der Waals surface area contributed by atoms with E-state index in [9.17, 15) is 4.79 Å². The smallest absolute Gasteiger partial charge is 0.434 e. The molecule has 3 heteroatoms. The minimum absolute atomic E-state index is 0.426. The van der Waals surface area contributed by atoms with E-state index in [4.69, 9.17) is 9.47 Å². The molecule has 0 aliphatic heterocycles. The Balaban J connectivity index is 1.63. The van der Waals surface area contributed by atoms with Crippen LogP contribution in [-0.2, 0) is 24.0 Å². The van der Waals surface area contributed by atoms with E-state index in [-0.39, 0.29) is 0 Å². The summed E-state index contributed by atoms with van der Waals surface area (Å²) in [4.78, 5) is 12.1. The van der Waals surface area contributed by atoms with Gasteiger partial charge in [-0.15, -0.1) is 0 Å². The maximum absolute atomic E-state index is 12.1. The van der Waals surface area contributed by atoms with Gasteiger partial charge in [0, 0.05) is 0 Å². The lowest BCUT2D eigenvalue weighted by molar-refractivity contribution is 0.0969. The monoisotopic (exact) mass is 396 g/mol. The number of hydrogen-bond donors (Lipinski definition) is 0. The molecule has 158 valence electrons. The molecule has 0 aliphatic rings. The Morgan fingerprint density at radius 2 is 1.48 bits per heavy atom. The molecule has 0 atom stereocenters. The molecule has 0 aromatic heterocycles. The second-order valence-electron chi connectivity index (χ2n) is 7.60. The van der Waals surface area contributed by atoms with Crippen LogP contribution in [0, 0.1) is 0 Å². The molecule has 0 unspecified atom stereocenters. The molecular formula is C26H36O3. The van der Waals surface area contributed by atoms with E-state index in [0.29, 0.717) is 12.4 Å². The number of carbonyl (C=O) groups excluding carboxylic acids is 1. The highest BCUT2D eigenvalue weighted by Gasteiger charge is 2.13. The molecule has 2 aromatic carbocycles. The first-order valence-electron chi connectivity index (χ1n) is 11.2. The molecule has 0 N–H and O–H groups in total. The summed E-state index contributed by atoms with van der Waals surface area (Å²) >= 11 is 0. The number of ether oxygens (including phenoxy) is 2. The van der Waals surface area contributed by atoms with Gasteiger partial charge in [0.05, 0.1) is 6.61 Å². The van der Waals surface area contributed by atoms with Crippen molar-refractivity contribution in [2.45, 2.75) is 78.1 Å². The topological polar surface area (TPSA) is 35.5 Å². The van der Waals surface area contributed by atoms with E-state index < -0.39 is 6.16 Å². The Bertz CT molecular complexity index is 709. The predicted octanol–water partition coefficient (Wildman–Crippen LogP) is 7.30. The normalized spacial score (nSPS) is 10.7. The van der Waals surface area contributed by atoms with E-state index in [1.807, 2.05) is 12.1 Å². The SMILES string of the molecule is CCCc1cccc(OC(=O)OCCCCCCCc2ccccc2)c1CCC. The van der Waals surface area contributed by atoms with E-state index >= 15 is 0 Å². The summed E-state index contributed by atoms with van der Waals surface area (Å²) in [5.74, 6) is 0.656. The summed E-state index contributed by atoms with van der Waals surface area (Å²) in [5, 5.41) is 0. The number of carbonyl (C=O) groups is 1. The first-order chi connectivity index (χ1) is 14.2. The average molecular weight is 397 g/mol. The number of hydrogen-bond acceptors (Lipinski definition) is 3. The van der Waals surface area contributed by atoms with Crippen molar-refractivity contribution in [2.75, 3.05) is 6.61 Å². The summed E-state index contributed by atoms with van der Waals surface area (Å²) in [5.41, 5.74) is 3.83. The van der Waals surface area contributed by atoms with E-state index in [0.717, 1.165) is 50.5 Å². The zero-order valence-corrected chi connectivity index (χ0v) is 18.1. The van der Waals surface area contributed by atoms with Crippen LogP contribution >= 0.6 is 0 Å². The molecule has 0 saturated heterocycles. The maximum Gasteiger partial charge on any atom is 0.513 e. The molecule has 2 aromatic rings. The van der Waals surface area contributed by atoms with Crippen molar-refractivity contribution in [1.29, 1.82) is 0 Å². The molecule has 0 radical (unpaired) electrons. The van der Waals surface area contributed by atoms with Crippen molar-refractivity contribution in [3.63, 3.8) is 0 Å². The Hall–Kier alpha value is -2.29. The second-order valence-corrected chi connectivity index (χ2v) is 7.60. The third-order valence-electron chi connectivity index (χ3n) is 5.12. The van der Waals surface area contributed by atoms with Gasteiger partial charge in [-0.2, -0.15) is 0 Å². The van der Waals surface area contributed by atoms with Crippen molar-refractivity contribution in [2.24, 2.45) is 0 Å². The Kier molecular flexibility index (Phi) is 11.0. The second kappa shape index (κ2) is 13.8. The van der Waals surface area contributed by atoms with Gasteiger partial charge in [0.1, 0.15) is 5.75 Å². The molecule has 0 fully saturated rings. The van der Waals surface area contributed by atoms with Crippen molar-refractivity contribution >= 4 is 6.16 Å². The van der Waals surface area contributed by atoms with Gasteiger partial charge in [-0.05, 0) is 54.9 Å². The standard InChI is InChI=1S/C26H36O3/c1-3-14-23-19-13-20-25(24(23)15-4-2)29-26(27)28-21-12-7-5-6-9-16-22-17-10-8-11-18-22/h8,10-11,13,17-20H,3-7,9,12,14-16,21H2,1-2H3. The zero-order chi connectivity index (χ0) is 20.7. The van der Waals surface area contributed by atoms with E-state index in [1.54, 1.807) is 0 Å². The zero-order valence-electron chi connectivity index (χ0n) is 18.1. The summed E-state index contributed by atoms with van der Waals surface area (Å²) < 4.78 is 10.8. The maximum atomic E-state index is 12.1. The van der Waals surface area contributed by atoms with Gasteiger partial charge in [0.2, 0.25) is 0 Å². The molecule has 0 aliphatic carbocycles. The molecule has 29 heavy (non-hydrogen) atoms. The Morgan fingerprint density at radius 1 is 0.759 bits per heavy atom. The lowest BCUT2D eigenvalue weighted by Gasteiger charge is -2.14. The van der Waals surface area contributed by atoms with E-state index in [2.05, 4.69) is 50.2 Å². The van der Waals surface area contributed by atoms with Crippen LogP contribution in [0.2, 0.25) is 0 Å². The highest BCUT2D eigenvalue weighted by atomic mass is 16.7. The molecule has 3 nitrogen and oxygen atoms in total. The van der Waals surface area contributed by atoms with Gasteiger partial charge >= 0.3 is 6.16 Å². The molecule has 0 amide bonds. The van der Waals surface area contributed by atoms with Gasteiger partial charge in [-0.3, -0.25) is 0 Å². The van der Waals surface area contributed by atoms with Crippen molar-refractivity contribution in [1.82, 2.24) is 0 Å². The lowest BCUT2D eigenvalue weighted by atomic mass is 9.99. The van der Waals surface area contributed by atoms with Gasteiger partial charge in [-0.1, -0.05) is 88.4 Å². The van der Waals surface area contributed by atoms with E-state index in [1.165, 1.54) is 30.4 Å². The predicted molar refractivity (Wildman–Crippen MR) is 120 cm³/mol. The van der Waals surface area contributed by atoms with Crippen LogP contribution in [0.15, 0.2) is 48.5 Å². The fourth-order valence-corrected chi connectivity index (χ4v) is 3.62. The molecule has 0 heterocycles. The van der Waals surface area contributed by atoms with Crippen LogP contribution in [0.5, 0.6) is 5.75 Å². The summed E-state index contributed by atoms with van der Waals surface area (Å²) in [6.07, 6.45) is 10.1. The van der Waals surface area contributed by atoms with Crippen molar-refractivity contribution < 1.29 is 14.3 Å². The Labute approximate surface area is 176 Å². The minimum atomic E-state index is -0.583. The fourth-order valence-electron chi connectivity index (χ4n) is 3.62. The highest BCUT2D eigenvalue weighted by Crippen LogP contribution is 2.25. The first-order valence-corrected chi connectivity index (χ1v) is 11.2. The van der Waals surface area contributed by atoms with Crippen LogP contribution < -0.4 is 4.74 Å². The summed E-state index contributed by atoms with van der Waals surface area (Å²) in [6.45, 7) is 4.74. The highest BCUT2D eigenvalue weighted by molar-refractivity contribution is 5.65. The van der Waals surface area contributed by atoms with Crippen LogP contribution in [0.3, 0.4) is 0 Å². The molecule has 0 saturated carbocycles. The van der Waals surface area contributed by atoms with Crippen LogP contribution in [0.1, 0.15) is 75.5 Å². The third kappa shape index (κ3) is 8.72. The molecule has 2 rings (SSSR count). The van der Waals surface area contributed by atoms with Crippen LogP contribution in [0.25, 0.3) is 0 Å². The number of unbranched alkanes of at least 4 members (excludes halogenated alkanes) is 4. The minimum Gasteiger partial charge on any atom is -0.434 e. The van der Waals surface area contributed by atoms with Crippen molar-refractivity contribution in [3.05, 3.63) is 65.2 Å². The largest absolute Gasteiger partial charge is 0.513 e. The van der Waals surface area contributed by atoms with Gasteiger partial charge in [0.25, 0.3) is 0 Å². The van der Waals surface area contributed by atoms with Gasteiger partial charge in [0.15, 0.2) is 0 Å². The van der Waals surface area contributed by atoms with Crippen molar-refractivity contribution in [3.8, 4) is 5.75 Å². The first kappa shape index (κ1) is 23.0. The number of rotatable bonds is 13. The molecular weight excluding hydrogens is 360 g/mol. The van der Waals surface area contributed by atoms with Crippen LogP contribution in [-0.4, -0.2) is 12.8 Å². The number of aryl methyl sites for hydroxylation is 2. The van der Waals surface area contributed by atoms with Gasteiger partial charge < -0.3 is 9.47 Å². The van der Waals surface area contributed by atoms with Crippen LogP contribution in [0.4, 0.5) is 4.79 Å². The summed E-state index contributed by atoms with van der Waals surface area (Å²) in [6, 6.07) is 16.6. The average Bonchev–Trinajstić information content (AvgIpc) is 2.73. The molecule has 0 spiro atoms. The quantitative estimate of drug-likeness (QED) is 0.202. The Morgan fingerprint density at radius 3 is 2.24 bits per heavy atom. The molecule has 0 bridgehead atoms. The third-order valence-corrected chi connectivity index (χ3v) is 5.12. The summed E-state index contributed by atoms with van der Waals surface area (Å²) in [7, 11) is 0. The lowest BCUT2D eigenvalue weighted by Crippen LogP contribution is -2.13. The van der Waals surface area contributed by atoms with Gasteiger partial charge in [-0.25, -0.2) is 4.79 Å². The fraction of sp³-hybridized carbons (Fsp3) is 0.500. The number of benzene rings is 2.